The highest BCUT2D eigenvalue weighted by Gasteiger charge is 2.20. The summed E-state index contributed by atoms with van der Waals surface area (Å²) in [5.41, 5.74) is 2.67. The van der Waals surface area contributed by atoms with Gasteiger partial charge in [0, 0.05) is 16.3 Å². The van der Waals surface area contributed by atoms with E-state index in [9.17, 15) is 4.79 Å². The van der Waals surface area contributed by atoms with Gasteiger partial charge in [0.05, 0.1) is 5.25 Å². The molecule has 1 heterocycles. The number of benzene rings is 2. The summed E-state index contributed by atoms with van der Waals surface area (Å²) in [5, 5.41) is 11.6. The van der Waals surface area contributed by atoms with Crippen molar-refractivity contribution in [2.45, 2.75) is 37.2 Å². The molecule has 140 valence electrons. The van der Waals surface area contributed by atoms with Crippen LogP contribution in [0.5, 0.6) is 0 Å². The van der Waals surface area contributed by atoms with Crippen LogP contribution in [0.2, 0.25) is 5.02 Å². The zero-order valence-corrected chi connectivity index (χ0v) is 16.8. The fraction of sp³-hybridized carbons (Fsp3) is 0.250. The molecule has 0 unspecified atom stereocenters. The van der Waals surface area contributed by atoms with Gasteiger partial charge in [-0.2, -0.15) is 0 Å². The van der Waals surface area contributed by atoms with E-state index in [1.807, 2.05) is 36.4 Å². The number of amides is 1. The second kappa shape index (κ2) is 8.59. The molecule has 1 atom stereocenters. The number of carbonyl (C=O) groups excluding carboxylic acids is 1. The number of hydrogen-bond acceptors (Lipinski definition) is 5. The van der Waals surface area contributed by atoms with Crippen molar-refractivity contribution in [3.05, 3.63) is 59.1 Å². The highest BCUT2D eigenvalue weighted by Crippen LogP contribution is 2.29. The number of rotatable bonds is 6. The molecule has 7 heteroatoms. The highest BCUT2D eigenvalue weighted by molar-refractivity contribution is 8.00. The minimum Gasteiger partial charge on any atom is -0.411 e. The second-order valence-electron chi connectivity index (χ2n) is 6.37. The average molecular weight is 402 g/mol. The summed E-state index contributed by atoms with van der Waals surface area (Å²) >= 11 is 7.21. The van der Waals surface area contributed by atoms with Crippen LogP contribution in [0.3, 0.4) is 0 Å². The molecule has 3 aromatic rings. The first-order chi connectivity index (χ1) is 12.9. The predicted octanol–water partition coefficient (Wildman–Crippen LogP) is 5.63. The van der Waals surface area contributed by atoms with E-state index in [1.165, 1.54) is 11.8 Å². The van der Waals surface area contributed by atoms with E-state index in [1.54, 1.807) is 19.1 Å². The molecule has 0 aliphatic carbocycles. The first-order valence-corrected chi connectivity index (χ1v) is 9.85. The quantitative estimate of drug-likeness (QED) is 0.542. The highest BCUT2D eigenvalue weighted by atomic mass is 35.5. The largest absolute Gasteiger partial charge is 0.411 e. The van der Waals surface area contributed by atoms with Crippen molar-refractivity contribution in [2.75, 3.05) is 5.32 Å². The van der Waals surface area contributed by atoms with Gasteiger partial charge in [-0.05, 0) is 42.7 Å². The van der Waals surface area contributed by atoms with Gasteiger partial charge in [0.25, 0.3) is 5.22 Å². The van der Waals surface area contributed by atoms with Crippen LogP contribution < -0.4 is 5.32 Å². The molecule has 1 N–H and O–H groups in total. The van der Waals surface area contributed by atoms with E-state index in [-0.39, 0.29) is 5.91 Å². The van der Waals surface area contributed by atoms with Crippen LogP contribution in [0.25, 0.3) is 11.5 Å². The Bertz CT molecular complexity index is 942. The lowest BCUT2D eigenvalue weighted by atomic mass is 10.0. The average Bonchev–Trinajstić information content (AvgIpc) is 3.10. The zero-order chi connectivity index (χ0) is 19.4. The minimum absolute atomic E-state index is 0.115. The summed E-state index contributed by atoms with van der Waals surface area (Å²) in [6.45, 7) is 6.00. The van der Waals surface area contributed by atoms with E-state index < -0.39 is 5.25 Å². The lowest BCUT2D eigenvalue weighted by molar-refractivity contribution is -0.115. The summed E-state index contributed by atoms with van der Waals surface area (Å²) in [5.74, 6) is 0.578. The molecule has 0 aliphatic heterocycles. The summed E-state index contributed by atoms with van der Waals surface area (Å²) in [4.78, 5) is 12.6. The Morgan fingerprint density at radius 1 is 1.11 bits per heavy atom. The van der Waals surface area contributed by atoms with Crippen LogP contribution in [-0.2, 0) is 4.79 Å². The Kier molecular flexibility index (Phi) is 6.19. The van der Waals surface area contributed by atoms with Gasteiger partial charge in [-0.25, -0.2) is 0 Å². The SMILES string of the molecule is CC(C)c1ccccc1NC(=O)[C@@H](C)Sc1nnc(-c2cccc(Cl)c2)o1. The molecule has 0 bridgehead atoms. The maximum Gasteiger partial charge on any atom is 0.277 e. The van der Waals surface area contributed by atoms with Gasteiger partial charge in [-0.3, -0.25) is 4.79 Å². The minimum atomic E-state index is -0.391. The summed E-state index contributed by atoms with van der Waals surface area (Å²) in [6.07, 6.45) is 0. The molecular formula is C20H20ClN3O2S. The van der Waals surface area contributed by atoms with Gasteiger partial charge in [-0.1, -0.05) is 61.5 Å². The maximum atomic E-state index is 12.6. The molecular weight excluding hydrogens is 382 g/mol. The molecule has 1 amide bonds. The monoisotopic (exact) mass is 401 g/mol. The van der Waals surface area contributed by atoms with Crippen molar-refractivity contribution < 1.29 is 9.21 Å². The van der Waals surface area contributed by atoms with Gasteiger partial charge >= 0.3 is 0 Å². The maximum absolute atomic E-state index is 12.6. The molecule has 5 nitrogen and oxygen atoms in total. The first-order valence-electron chi connectivity index (χ1n) is 8.60. The fourth-order valence-electron chi connectivity index (χ4n) is 2.55. The van der Waals surface area contributed by atoms with Crippen molar-refractivity contribution in [2.24, 2.45) is 0 Å². The van der Waals surface area contributed by atoms with E-state index in [2.05, 4.69) is 29.4 Å². The van der Waals surface area contributed by atoms with Crippen LogP contribution in [0, 0.1) is 0 Å². The van der Waals surface area contributed by atoms with Gasteiger partial charge in [0.1, 0.15) is 0 Å². The lowest BCUT2D eigenvalue weighted by Gasteiger charge is -2.15. The Balaban J connectivity index is 1.67. The molecule has 0 spiro atoms. The Labute approximate surface area is 167 Å². The van der Waals surface area contributed by atoms with Crippen molar-refractivity contribution in [1.82, 2.24) is 10.2 Å². The third kappa shape index (κ3) is 4.90. The summed E-state index contributed by atoms with van der Waals surface area (Å²) < 4.78 is 5.66. The number of hydrogen-bond donors (Lipinski definition) is 1. The Hall–Kier alpha value is -2.31. The zero-order valence-electron chi connectivity index (χ0n) is 15.3. The third-order valence-electron chi connectivity index (χ3n) is 3.97. The van der Waals surface area contributed by atoms with Crippen molar-refractivity contribution in [3.8, 4) is 11.5 Å². The van der Waals surface area contributed by atoms with E-state index in [0.717, 1.165) is 16.8 Å². The van der Waals surface area contributed by atoms with Crippen molar-refractivity contribution in [1.29, 1.82) is 0 Å². The van der Waals surface area contributed by atoms with Crippen LogP contribution >= 0.6 is 23.4 Å². The Morgan fingerprint density at radius 2 is 1.89 bits per heavy atom. The molecule has 0 saturated carbocycles. The number of carbonyl (C=O) groups is 1. The molecule has 0 radical (unpaired) electrons. The van der Waals surface area contributed by atoms with Gasteiger partial charge in [0.2, 0.25) is 11.8 Å². The van der Waals surface area contributed by atoms with Crippen LogP contribution in [0.1, 0.15) is 32.3 Å². The topological polar surface area (TPSA) is 68.0 Å². The molecule has 3 rings (SSSR count). The number of nitrogens with zero attached hydrogens (tertiary/aromatic N) is 2. The second-order valence-corrected chi connectivity index (χ2v) is 8.10. The standard InChI is InChI=1S/C20H20ClN3O2S/c1-12(2)16-9-4-5-10-17(16)22-18(25)13(3)27-20-24-23-19(26-20)14-7-6-8-15(21)11-14/h4-13H,1-3H3,(H,22,25)/t13-/m1/s1. The Morgan fingerprint density at radius 3 is 2.63 bits per heavy atom. The summed E-state index contributed by atoms with van der Waals surface area (Å²) in [6, 6.07) is 15.0. The van der Waals surface area contributed by atoms with Crippen LogP contribution in [0.4, 0.5) is 5.69 Å². The van der Waals surface area contributed by atoms with E-state index in [4.69, 9.17) is 16.0 Å². The normalized spacial score (nSPS) is 12.2. The van der Waals surface area contributed by atoms with Crippen LogP contribution in [-0.4, -0.2) is 21.4 Å². The molecule has 0 saturated heterocycles. The number of nitrogens with one attached hydrogen (secondary N) is 1. The van der Waals surface area contributed by atoms with Gasteiger partial charge in [-0.15, -0.1) is 10.2 Å². The molecule has 27 heavy (non-hydrogen) atoms. The molecule has 2 aromatic carbocycles. The third-order valence-corrected chi connectivity index (χ3v) is 5.13. The number of thioether (sulfide) groups is 1. The van der Waals surface area contributed by atoms with Crippen molar-refractivity contribution >= 4 is 35.0 Å². The van der Waals surface area contributed by atoms with Gasteiger partial charge < -0.3 is 9.73 Å². The summed E-state index contributed by atoms with van der Waals surface area (Å²) in [7, 11) is 0. The number of aromatic nitrogens is 2. The molecule has 0 aliphatic rings. The van der Waals surface area contributed by atoms with E-state index in [0.29, 0.717) is 22.1 Å². The van der Waals surface area contributed by atoms with Gasteiger partial charge in [0.15, 0.2) is 0 Å². The predicted molar refractivity (Wildman–Crippen MR) is 109 cm³/mol. The molecule has 0 fully saturated rings. The molecule has 1 aromatic heterocycles. The lowest BCUT2D eigenvalue weighted by Crippen LogP contribution is -2.23. The van der Waals surface area contributed by atoms with E-state index >= 15 is 0 Å². The number of halogens is 1. The smallest absolute Gasteiger partial charge is 0.277 e. The van der Waals surface area contributed by atoms with Crippen LogP contribution in [0.15, 0.2) is 58.2 Å². The number of para-hydroxylation sites is 1. The van der Waals surface area contributed by atoms with Crippen molar-refractivity contribution in [3.63, 3.8) is 0 Å². The number of anilines is 1. The first kappa shape index (κ1) is 19.5. The fourth-order valence-corrected chi connectivity index (χ4v) is 3.42.